The number of anilines is 2. The monoisotopic (exact) mass is 646 g/mol. The van der Waals surface area contributed by atoms with Crippen LogP contribution in [-0.4, -0.2) is 44.3 Å². The molecule has 2 aliphatic heterocycles. The number of Topliss-reactive ketones (excluding diaryl/α,β-unsaturated/α-hetero) is 1. The van der Waals surface area contributed by atoms with Gasteiger partial charge in [0.15, 0.2) is 15.5 Å². The van der Waals surface area contributed by atoms with Gasteiger partial charge in [-0.1, -0.05) is 29.8 Å². The summed E-state index contributed by atoms with van der Waals surface area (Å²) >= 11 is 14.6. The third-order valence-electron chi connectivity index (χ3n) is 9.68. The molecule has 228 valence electrons. The molecule has 4 aliphatic rings. The van der Waals surface area contributed by atoms with Crippen molar-refractivity contribution in [1.82, 2.24) is 0 Å². The third kappa shape index (κ3) is 3.93. The van der Waals surface area contributed by atoms with Crippen LogP contribution in [0.3, 0.4) is 0 Å². The lowest BCUT2D eigenvalue weighted by Gasteiger charge is -2.50. The maximum absolute atomic E-state index is 14.3. The molecule has 0 spiro atoms. The molecule has 3 aromatic rings. The molecule has 8 nitrogen and oxygen atoms in total. The van der Waals surface area contributed by atoms with Crippen LogP contribution in [0.1, 0.15) is 41.6 Å². The predicted molar refractivity (Wildman–Crippen MR) is 164 cm³/mol. The van der Waals surface area contributed by atoms with E-state index in [0.717, 1.165) is 21.9 Å². The Labute approximate surface area is 267 Å². The maximum Gasteiger partial charge on any atom is 0.258 e. The minimum atomic E-state index is -2.14. The van der Waals surface area contributed by atoms with E-state index in [0.29, 0.717) is 16.8 Å². The van der Waals surface area contributed by atoms with Crippen molar-refractivity contribution >= 4 is 64.0 Å². The Morgan fingerprint density at radius 3 is 2.11 bits per heavy atom. The van der Waals surface area contributed by atoms with Gasteiger partial charge in [-0.25, -0.2) is 9.29 Å². The van der Waals surface area contributed by atoms with E-state index in [1.54, 1.807) is 36.4 Å². The predicted octanol–water partition coefficient (Wildman–Crippen LogP) is 5.50. The Bertz CT molecular complexity index is 1860. The van der Waals surface area contributed by atoms with Gasteiger partial charge in [-0.05, 0) is 80.3 Å². The molecule has 3 aromatic carbocycles. The van der Waals surface area contributed by atoms with Crippen molar-refractivity contribution in [1.29, 1.82) is 0 Å². The zero-order valence-corrected chi connectivity index (χ0v) is 25.3. The van der Waals surface area contributed by atoms with Gasteiger partial charge in [0, 0.05) is 17.0 Å². The number of alkyl halides is 2. The highest BCUT2D eigenvalue weighted by Gasteiger charge is 2.76. The number of aromatic hydroxyl groups is 1. The number of para-hydroxylation sites is 1. The summed E-state index contributed by atoms with van der Waals surface area (Å²) in [6, 6.07) is 17.2. The Kier molecular flexibility index (Phi) is 6.58. The first-order valence-electron chi connectivity index (χ1n) is 14.4. The number of imide groups is 2. The van der Waals surface area contributed by atoms with Crippen LogP contribution in [0.4, 0.5) is 15.8 Å². The Morgan fingerprint density at radius 1 is 0.844 bits per heavy atom. The lowest BCUT2D eigenvalue weighted by molar-refractivity contribution is -0.125. The second-order valence-corrected chi connectivity index (χ2v) is 13.2. The summed E-state index contributed by atoms with van der Waals surface area (Å²) in [4.78, 5) is 66.0. The number of rotatable bonds is 4. The van der Waals surface area contributed by atoms with Crippen LogP contribution in [-0.2, 0) is 19.2 Å². The molecule has 45 heavy (non-hydrogen) atoms. The minimum absolute atomic E-state index is 0.0685. The number of amides is 4. The summed E-state index contributed by atoms with van der Waals surface area (Å²) in [5.74, 6) is -7.18. The summed E-state index contributed by atoms with van der Waals surface area (Å²) in [7, 11) is 0. The average Bonchev–Trinajstić information content (AvgIpc) is 3.36. The first-order valence-corrected chi connectivity index (χ1v) is 15.1. The van der Waals surface area contributed by atoms with E-state index < -0.39 is 62.9 Å². The quantitative estimate of drug-likeness (QED) is 0.173. The number of benzene rings is 3. The number of phenols is 1. The SMILES string of the molecule is CC(=O)c1ccc(N2C(=O)[C@H]3[C@H](CC=C4[C@H]3C[C@@]3(Cl)C(=O)N(c5ccc(F)cc5)C(=O)[C@@]3(Cl)[C@H]4c3ccccc3O)C2=O)cc1. The highest BCUT2D eigenvalue weighted by atomic mass is 35.5. The van der Waals surface area contributed by atoms with Gasteiger partial charge >= 0.3 is 0 Å². The van der Waals surface area contributed by atoms with Crippen molar-refractivity contribution in [2.24, 2.45) is 17.8 Å². The highest BCUT2D eigenvalue weighted by Crippen LogP contribution is 2.66. The van der Waals surface area contributed by atoms with Gasteiger partial charge in [0.2, 0.25) is 11.8 Å². The van der Waals surface area contributed by atoms with E-state index in [9.17, 15) is 33.5 Å². The number of nitrogens with zero attached hydrogens (tertiary/aromatic N) is 2. The van der Waals surface area contributed by atoms with Gasteiger partial charge in [0.25, 0.3) is 11.8 Å². The molecule has 7 rings (SSSR count). The Morgan fingerprint density at radius 2 is 1.47 bits per heavy atom. The second-order valence-electron chi connectivity index (χ2n) is 11.9. The molecular formula is C34H25Cl2FN2O6. The van der Waals surface area contributed by atoms with Crippen LogP contribution in [0.2, 0.25) is 0 Å². The van der Waals surface area contributed by atoms with Crippen LogP contribution >= 0.6 is 23.2 Å². The van der Waals surface area contributed by atoms with Crippen molar-refractivity contribution in [3.05, 3.63) is 101 Å². The molecule has 1 N–H and O–H groups in total. The zero-order chi connectivity index (χ0) is 32.0. The molecule has 0 aromatic heterocycles. The Balaban J connectivity index is 1.37. The number of halogens is 3. The van der Waals surface area contributed by atoms with E-state index >= 15 is 0 Å². The number of ketones is 1. The molecule has 6 atom stereocenters. The maximum atomic E-state index is 14.3. The highest BCUT2D eigenvalue weighted by molar-refractivity contribution is 6.58. The summed E-state index contributed by atoms with van der Waals surface area (Å²) in [5.41, 5.74) is 1.57. The lowest BCUT2D eigenvalue weighted by Crippen LogP contribution is -2.60. The number of hydrogen-bond donors (Lipinski definition) is 1. The van der Waals surface area contributed by atoms with Crippen molar-refractivity contribution in [2.45, 2.75) is 35.4 Å². The van der Waals surface area contributed by atoms with Crippen LogP contribution in [0.25, 0.3) is 0 Å². The zero-order valence-electron chi connectivity index (χ0n) is 23.7. The summed E-state index contributed by atoms with van der Waals surface area (Å²) in [6.07, 6.45) is 1.68. The fourth-order valence-corrected chi connectivity index (χ4v) is 8.50. The fraction of sp³-hybridized carbons (Fsp3) is 0.265. The largest absolute Gasteiger partial charge is 0.508 e. The van der Waals surface area contributed by atoms with Gasteiger partial charge < -0.3 is 5.11 Å². The number of carbonyl (C=O) groups excluding carboxylic acids is 5. The minimum Gasteiger partial charge on any atom is -0.508 e. The fourth-order valence-electron chi connectivity index (χ4n) is 7.58. The smallest absolute Gasteiger partial charge is 0.258 e. The summed E-state index contributed by atoms with van der Waals surface area (Å²) in [5, 5.41) is 11.0. The molecule has 11 heteroatoms. The van der Waals surface area contributed by atoms with E-state index in [2.05, 4.69) is 0 Å². The van der Waals surface area contributed by atoms with E-state index in [1.807, 2.05) is 0 Å². The van der Waals surface area contributed by atoms with Crippen LogP contribution in [0.5, 0.6) is 5.75 Å². The van der Waals surface area contributed by atoms with E-state index in [-0.39, 0.29) is 35.6 Å². The standard InChI is InChI=1S/C34H25Cl2FN2O6/c1-17(40)18-6-10-20(11-7-18)38-29(42)24-15-14-22-25(27(24)30(38)43)16-33(35)31(44)39(21-12-8-19(37)9-13-21)32(45)34(33,36)28(22)23-4-2-3-5-26(23)41/h2-14,24-25,27-28,41H,15-16H2,1H3/t24-,25+,27-,28+,33+,34-/m0/s1. The Hall–Kier alpha value is -4.34. The van der Waals surface area contributed by atoms with Crippen molar-refractivity contribution in [3.8, 4) is 5.75 Å². The topological polar surface area (TPSA) is 112 Å². The number of hydrogen-bond acceptors (Lipinski definition) is 6. The van der Waals surface area contributed by atoms with E-state index in [4.69, 9.17) is 23.2 Å². The molecule has 4 amide bonds. The normalized spacial score (nSPS) is 30.6. The molecular weight excluding hydrogens is 622 g/mol. The average molecular weight is 647 g/mol. The van der Waals surface area contributed by atoms with Crippen molar-refractivity contribution in [3.63, 3.8) is 0 Å². The van der Waals surface area contributed by atoms with Crippen LogP contribution in [0, 0.1) is 23.6 Å². The third-order valence-corrected chi connectivity index (χ3v) is 11.1. The van der Waals surface area contributed by atoms with Gasteiger partial charge in [-0.15, -0.1) is 23.2 Å². The number of fused-ring (bicyclic) bond motifs is 4. The molecule has 3 fully saturated rings. The van der Waals surface area contributed by atoms with Crippen LogP contribution in [0.15, 0.2) is 84.4 Å². The molecule has 0 radical (unpaired) electrons. The van der Waals surface area contributed by atoms with Gasteiger partial charge in [-0.3, -0.25) is 28.9 Å². The lowest BCUT2D eigenvalue weighted by atomic mass is 9.56. The molecule has 2 heterocycles. The first kappa shape index (κ1) is 29.4. The molecule has 0 unspecified atom stereocenters. The molecule has 2 aliphatic carbocycles. The molecule has 1 saturated carbocycles. The first-order chi connectivity index (χ1) is 21.4. The number of phenolic OH excluding ortho intramolecular Hbond substituents is 1. The van der Waals surface area contributed by atoms with Crippen molar-refractivity contribution < 1.29 is 33.5 Å². The summed E-state index contributed by atoms with van der Waals surface area (Å²) in [6.45, 7) is 1.41. The van der Waals surface area contributed by atoms with Crippen LogP contribution < -0.4 is 9.80 Å². The number of allylic oxidation sites excluding steroid dienone is 2. The van der Waals surface area contributed by atoms with E-state index in [1.165, 1.54) is 37.3 Å². The second kappa shape index (κ2) is 10.1. The van der Waals surface area contributed by atoms with Gasteiger partial charge in [-0.2, -0.15) is 0 Å². The van der Waals surface area contributed by atoms with Gasteiger partial charge in [0.1, 0.15) is 11.6 Å². The molecule has 2 saturated heterocycles. The summed E-state index contributed by atoms with van der Waals surface area (Å²) < 4.78 is 13.8. The number of carbonyl (C=O) groups is 5. The van der Waals surface area contributed by atoms with Crippen molar-refractivity contribution in [2.75, 3.05) is 9.80 Å². The molecule has 0 bridgehead atoms. The van der Waals surface area contributed by atoms with Gasteiger partial charge in [0.05, 0.1) is 23.2 Å².